The Morgan fingerprint density at radius 3 is 2.62 bits per heavy atom. The van der Waals surface area contributed by atoms with Gasteiger partial charge in [0.25, 0.3) is 0 Å². The maximum atomic E-state index is 6.23. The highest BCUT2D eigenvalue weighted by atomic mass is 32.1. The molecule has 4 rings (SSSR count). The van der Waals surface area contributed by atoms with Crippen LogP contribution in [0.2, 0.25) is 0 Å². The summed E-state index contributed by atoms with van der Waals surface area (Å²) in [5.41, 5.74) is 10.2. The van der Waals surface area contributed by atoms with Gasteiger partial charge in [0, 0.05) is 30.2 Å². The fraction of sp³-hybridized carbons (Fsp3) is 0.167. The predicted octanol–water partition coefficient (Wildman–Crippen LogP) is 3.99. The van der Waals surface area contributed by atoms with E-state index in [1.165, 1.54) is 11.3 Å². The standard InChI is InChI=1S/C18H17N7S/c1-10(2)17-24-25-18(26-17)12-9-14-15(23-16(12)19)13(5-8-21-14)22-11-3-6-20-7-4-11/h3-10H,1-2H3,(H2,19,23)(H,20,21,22). The average Bonchev–Trinajstić information content (AvgIpc) is 3.13. The molecule has 7 nitrogen and oxygen atoms in total. The molecule has 4 aromatic rings. The van der Waals surface area contributed by atoms with Crippen molar-refractivity contribution < 1.29 is 0 Å². The highest BCUT2D eigenvalue weighted by Gasteiger charge is 2.15. The lowest BCUT2D eigenvalue weighted by Gasteiger charge is -2.10. The van der Waals surface area contributed by atoms with E-state index in [-0.39, 0.29) is 0 Å². The summed E-state index contributed by atoms with van der Waals surface area (Å²) < 4.78 is 0. The Morgan fingerprint density at radius 1 is 1.08 bits per heavy atom. The molecule has 0 amide bonds. The summed E-state index contributed by atoms with van der Waals surface area (Å²) in [6, 6.07) is 7.56. The Hall–Kier alpha value is -3.13. The van der Waals surface area contributed by atoms with Gasteiger partial charge in [0.2, 0.25) is 0 Å². The molecule has 0 bridgehead atoms. The van der Waals surface area contributed by atoms with Crippen molar-refractivity contribution in [2.24, 2.45) is 0 Å². The molecule has 0 spiro atoms. The van der Waals surface area contributed by atoms with Crippen LogP contribution in [-0.4, -0.2) is 25.1 Å². The molecule has 0 aliphatic heterocycles. The maximum absolute atomic E-state index is 6.23. The zero-order valence-electron chi connectivity index (χ0n) is 14.3. The highest BCUT2D eigenvalue weighted by Crippen LogP contribution is 2.34. The van der Waals surface area contributed by atoms with Gasteiger partial charge in [0.05, 0.1) is 16.8 Å². The molecule has 4 aromatic heterocycles. The van der Waals surface area contributed by atoms with Gasteiger partial charge in [-0.15, -0.1) is 10.2 Å². The minimum Gasteiger partial charge on any atom is -0.383 e. The molecule has 0 unspecified atom stereocenters. The van der Waals surface area contributed by atoms with Crippen LogP contribution in [0.15, 0.2) is 42.9 Å². The van der Waals surface area contributed by atoms with Crippen molar-refractivity contribution in [3.63, 3.8) is 0 Å². The number of nitrogen functional groups attached to an aromatic ring is 1. The molecule has 0 atom stereocenters. The first-order valence-corrected chi connectivity index (χ1v) is 8.99. The van der Waals surface area contributed by atoms with E-state index < -0.39 is 0 Å². The van der Waals surface area contributed by atoms with Crippen LogP contribution >= 0.6 is 11.3 Å². The fourth-order valence-corrected chi connectivity index (χ4v) is 3.39. The van der Waals surface area contributed by atoms with Crippen LogP contribution in [0.5, 0.6) is 0 Å². The average molecular weight is 363 g/mol. The summed E-state index contributed by atoms with van der Waals surface area (Å²) in [7, 11) is 0. The Balaban J connectivity index is 1.78. The second-order valence-electron chi connectivity index (χ2n) is 6.11. The molecule has 8 heteroatoms. The highest BCUT2D eigenvalue weighted by molar-refractivity contribution is 7.14. The predicted molar refractivity (Wildman–Crippen MR) is 104 cm³/mol. The van der Waals surface area contributed by atoms with Crippen LogP contribution in [0.4, 0.5) is 17.2 Å². The lowest BCUT2D eigenvalue weighted by Crippen LogP contribution is -1.99. The van der Waals surface area contributed by atoms with Gasteiger partial charge in [0.1, 0.15) is 16.3 Å². The fourth-order valence-electron chi connectivity index (χ4n) is 2.52. The second kappa shape index (κ2) is 6.64. The molecule has 26 heavy (non-hydrogen) atoms. The summed E-state index contributed by atoms with van der Waals surface area (Å²) in [6.45, 7) is 4.18. The summed E-state index contributed by atoms with van der Waals surface area (Å²) >= 11 is 1.53. The molecule has 130 valence electrons. The largest absolute Gasteiger partial charge is 0.383 e. The number of nitrogens with two attached hydrogens (primary N) is 1. The van der Waals surface area contributed by atoms with Crippen LogP contribution in [0.3, 0.4) is 0 Å². The van der Waals surface area contributed by atoms with E-state index in [1.807, 2.05) is 24.3 Å². The Kier molecular flexibility index (Phi) is 4.18. The van der Waals surface area contributed by atoms with Crippen LogP contribution in [-0.2, 0) is 0 Å². The third-order valence-electron chi connectivity index (χ3n) is 3.87. The first kappa shape index (κ1) is 16.3. The molecule has 0 aliphatic carbocycles. The summed E-state index contributed by atoms with van der Waals surface area (Å²) in [6.07, 6.45) is 5.20. The molecule has 0 saturated carbocycles. The van der Waals surface area contributed by atoms with Crippen molar-refractivity contribution >= 4 is 39.6 Å². The van der Waals surface area contributed by atoms with Crippen molar-refractivity contribution in [3.05, 3.63) is 47.9 Å². The van der Waals surface area contributed by atoms with Gasteiger partial charge in [-0.1, -0.05) is 25.2 Å². The number of rotatable bonds is 4. The quantitative estimate of drug-likeness (QED) is 0.565. The first-order valence-electron chi connectivity index (χ1n) is 8.18. The van der Waals surface area contributed by atoms with Crippen molar-refractivity contribution in [3.8, 4) is 10.6 Å². The Labute approximate surface area is 154 Å². The van der Waals surface area contributed by atoms with Gasteiger partial charge in [-0.05, 0) is 24.3 Å². The smallest absolute Gasteiger partial charge is 0.151 e. The SMILES string of the molecule is CC(C)c1nnc(-c2cc3nccc(Nc4ccncc4)c3nc2N)s1. The van der Waals surface area contributed by atoms with Crippen molar-refractivity contribution in [1.29, 1.82) is 0 Å². The lowest BCUT2D eigenvalue weighted by atomic mass is 10.2. The lowest BCUT2D eigenvalue weighted by molar-refractivity contribution is 0.825. The third kappa shape index (κ3) is 3.06. The first-order chi connectivity index (χ1) is 12.6. The molecule has 0 aliphatic rings. The van der Waals surface area contributed by atoms with Crippen LogP contribution in [0.1, 0.15) is 24.8 Å². The van der Waals surface area contributed by atoms with Crippen LogP contribution < -0.4 is 11.1 Å². The minimum atomic E-state index is 0.324. The molecular formula is C18H17N7S. The van der Waals surface area contributed by atoms with Gasteiger partial charge < -0.3 is 11.1 Å². The number of hydrogen-bond acceptors (Lipinski definition) is 8. The maximum Gasteiger partial charge on any atom is 0.151 e. The normalized spacial score (nSPS) is 11.2. The number of pyridine rings is 3. The van der Waals surface area contributed by atoms with Gasteiger partial charge in [0.15, 0.2) is 5.01 Å². The van der Waals surface area contributed by atoms with Gasteiger partial charge in [-0.25, -0.2) is 4.98 Å². The number of hydrogen-bond donors (Lipinski definition) is 2. The van der Waals surface area contributed by atoms with E-state index in [4.69, 9.17) is 5.73 Å². The van der Waals surface area contributed by atoms with Gasteiger partial charge >= 0.3 is 0 Å². The molecule has 3 N–H and O–H groups in total. The number of anilines is 3. The second-order valence-corrected chi connectivity index (χ2v) is 7.12. The zero-order chi connectivity index (χ0) is 18.1. The summed E-state index contributed by atoms with van der Waals surface area (Å²) in [5.74, 6) is 0.736. The van der Waals surface area contributed by atoms with Crippen LogP contribution in [0.25, 0.3) is 21.6 Å². The molecule has 0 saturated heterocycles. The Bertz CT molecular complexity index is 1060. The number of fused-ring (bicyclic) bond motifs is 1. The monoisotopic (exact) mass is 363 g/mol. The number of nitrogens with one attached hydrogen (secondary N) is 1. The zero-order valence-corrected chi connectivity index (χ0v) is 15.2. The van der Waals surface area contributed by atoms with Crippen molar-refractivity contribution in [1.82, 2.24) is 25.1 Å². The van der Waals surface area contributed by atoms with E-state index in [0.29, 0.717) is 17.3 Å². The van der Waals surface area contributed by atoms with E-state index in [2.05, 4.69) is 44.3 Å². The minimum absolute atomic E-state index is 0.324. The topological polar surface area (TPSA) is 102 Å². The molecule has 4 heterocycles. The van der Waals surface area contributed by atoms with E-state index in [0.717, 1.165) is 32.5 Å². The van der Waals surface area contributed by atoms with E-state index >= 15 is 0 Å². The van der Waals surface area contributed by atoms with Crippen molar-refractivity contribution in [2.75, 3.05) is 11.1 Å². The van der Waals surface area contributed by atoms with Crippen molar-refractivity contribution in [2.45, 2.75) is 19.8 Å². The summed E-state index contributed by atoms with van der Waals surface area (Å²) in [4.78, 5) is 13.0. The molecular weight excluding hydrogens is 346 g/mol. The van der Waals surface area contributed by atoms with E-state index in [1.54, 1.807) is 18.6 Å². The van der Waals surface area contributed by atoms with Crippen LogP contribution in [0, 0.1) is 0 Å². The number of nitrogens with zero attached hydrogens (tertiary/aromatic N) is 5. The molecule has 0 radical (unpaired) electrons. The molecule has 0 fully saturated rings. The van der Waals surface area contributed by atoms with Gasteiger partial charge in [-0.3, -0.25) is 9.97 Å². The van der Waals surface area contributed by atoms with E-state index in [9.17, 15) is 0 Å². The summed E-state index contributed by atoms with van der Waals surface area (Å²) in [5, 5.41) is 13.6. The number of aromatic nitrogens is 5. The Morgan fingerprint density at radius 2 is 1.88 bits per heavy atom. The van der Waals surface area contributed by atoms with Gasteiger partial charge in [-0.2, -0.15) is 0 Å². The third-order valence-corrected chi connectivity index (χ3v) is 5.12. The molecule has 0 aromatic carbocycles.